The third-order valence-electron chi connectivity index (χ3n) is 2.56. The topological polar surface area (TPSA) is 28.7 Å². The van der Waals surface area contributed by atoms with E-state index in [1.807, 2.05) is 30.3 Å². The van der Waals surface area contributed by atoms with Crippen molar-refractivity contribution in [2.75, 3.05) is 0 Å². The number of fused-ring (bicyclic) bond motifs is 1. The molecule has 3 rings (SSSR count). The first-order valence-corrected chi connectivity index (χ1v) is 5.32. The second-order valence-corrected chi connectivity index (χ2v) is 3.95. The quantitative estimate of drug-likeness (QED) is 0.675. The van der Waals surface area contributed by atoms with Crippen molar-refractivity contribution in [1.29, 1.82) is 0 Å². The smallest absolute Gasteiger partial charge is 0.0656 e. The maximum atomic E-state index is 6.10. The van der Waals surface area contributed by atoms with Crippen LogP contribution < -0.4 is 0 Å². The molecule has 0 unspecified atom stereocenters. The molecule has 1 radical (unpaired) electrons. The van der Waals surface area contributed by atoms with Crippen LogP contribution in [0.3, 0.4) is 0 Å². The van der Waals surface area contributed by atoms with E-state index in [-0.39, 0.29) is 0 Å². The number of nitrogens with zero attached hydrogens (tertiary/aromatic N) is 1. The van der Waals surface area contributed by atoms with Gasteiger partial charge in [-0.15, -0.1) is 0 Å². The van der Waals surface area contributed by atoms with Crippen molar-refractivity contribution in [2.24, 2.45) is 0 Å². The van der Waals surface area contributed by atoms with Crippen LogP contribution in [0, 0.1) is 6.07 Å². The first-order chi connectivity index (χ1) is 7.84. The van der Waals surface area contributed by atoms with Gasteiger partial charge in [-0.1, -0.05) is 41.9 Å². The molecule has 0 amide bonds. The van der Waals surface area contributed by atoms with Gasteiger partial charge in [0.1, 0.15) is 0 Å². The van der Waals surface area contributed by atoms with Crippen LogP contribution in [0.5, 0.6) is 0 Å². The van der Waals surface area contributed by atoms with Gasteiger partial charge in [-0.2, -0.15) is 5.10 Å². The van der Waals surface area contributed by atoms with Gasteiger partial charge in [0.05, 0.1) is 16.7 Å². The van der Waals surface area contributed by atoms with Gasteiger partial charge < -0.3 is 0 Å². The summed E-state index contributed by atoms with van der Waals surface area (Å²) in [4.78, 5) is 0. The summed E-state index contributed by atoms with van der Waals surface area (Å²) in [7, 11) is 0. The van der Waals surface area contributed by atoms with E-state index < -0.39 is 0 Å². The van der Waals surface area contributed by atoms with Crippen LogP contribution >= 0.6 is 11.6 Å². The number of H-pyrrole nitrogens is 1. The van der Waals surface area contributed by atoms with Gasteiger partial charge in [0.25, 0.3) is 0 Å². The average Bonchev–Trinajstić information content (AvgIpc) is 2.76. The van der Waals surface area contributed by atoms with Crippen LogP contribution in [0.25, 0.3) is 22.0 Å². The second-order valence-electron chi connectivity index (χ2n) is 3.57. The molecule has 3 heteroatoms. The number of hydrogen-bond acceptors (Lipinski definition) is 1. The number of nitrogens with one attached hydrogen (secondary N) is 1. The molecule has 0 saturated carbocycles. The number of aromatic amines is 1. The Labute approximate surface area is 97.9 Å². The van der Waals surface area contributed by atoms with Crippen molar-refractivity contribution in [1.82, 2.24) is 10.2 Å². The van der Waals surface area contributed by atoms with Crippen molar-refractivity contribution >= 4 is 22.5 Å². The summed E-state index contributed by atoms with van der Waals surface area (Å²) in [6.45, 7) is 0. The highest BCUT2D eigenvalue weighted by atomic mass is 35.5. The lowest BCUT2D eigenvalue weighted by Crippen LogP contribution is -1.79. The maximum Gasteiger partial charge on any atom is 0.0656 e. The molecular weight excluding hydrogens is 220 g/mol. The van der Waals surface area contributed by atoms with Crippen LogP contribution in [0.1, 0.15) is 0 Å². The van der Waals surface area contributed by atoms with Gasteiger partial charge in [-0.25, -0.2) is 0 Å². The summed E-state index contributed by atoms with van der Waals surface area (Å²) in [6, 6.07) is 14.8. The zero-order valence-corrected chi connectivity index (χ0v) is 9.12. The van der Waals surface area contributed by atoms with E-state index in [2.05, 4.69) is 16.3 Å². The van der Waals surface area contributed by atoms with E-state index >= 15 is 0 Å². The first-order valence-electron chi connectivity index (χ1n) is 4.94. The molecular formula is C13H8ClN2. The minimum atomic E-state index is 0.640. The van der Waals surface area contributed by atoms with Crippen LogP contribution in [0.4, 0.5) is 0 Å². The Morgan fingerprint density at radius 3 is 3.06 bits per heavy atom. The summed E-state index contributed by atoms with van der Waals surface area (Å²) in [6.07, 6.45) is 1.80. The molecule has 3 aromatic rings. The van der Waals surface area contributed by atoms with E-state index in [9.17, 15) is 0 Å². The van der Waals surface area contributed by atoms with E-state index in [0.717, 1.165) is 22.0 Å². The van der Waals surface area contributed by atoms with Crippen molar-refractivity contribution < 1.29 is 0 Å². The lowest BCUT2D eigenvalue weighted by Gasteiger charge is -2.03. The second kappa shape index (κ2) is 3.65. The van der Waals surface area contributed by atoms with Gasteiger partial charge in [0.2, 0.25) is 0 Å². The third kappa shape index (κ3) is 1.48. The Balaban J connectivity index is 2.22. The highest BCUT2D eigenvalue weighted by molar-refractivity contribution is 6.33. The lowest BCUT2D eigenvalue weighted by atomic mass is 10.0. The largest absolute Gasteiger partial charge is 0.278 e. The standard InChI is InChI=1S/C13H8ClN2/c14-12-4-2-1-3-11(12)9-5-6-10-8-15-16-13(10)7-9/h1-3,5-8H,(H,15,16). The highest BCUT2D eigenvalue weighted by Gasteiger charge is 2.04. The highest BCUT2D eigenvalue weighted by Crippen LogP contribution is 2.28. The molecule has 0 atom stereocenters. The fourth-order valence-corrected chi connectivity index (χ4v) is 1.98. The van der Waals surface area contributed by atoms with Gasteiger partial charge in [0, 0.05) is 17.0 Å². The molecule has 1 aromatic heterocycles. The number of hydrogen-bond donors (Lipinski definition) is 1. The molecule has 0 spiro atoms. The first kappa shape index (κ1) is 9.43. The monoisotopic (exact) mass is 227 g/mol. The van der Waals surface area contributed by atoms with Gasteiger partial charge >= 0.3 is 0 Å². The molecule has 0 saturated heterocycles. The van der Waals surface area contributed by atoms with Gasteiger partial charge in [0.15, 0.2) is 0 Å². The average molecular weight is 228 g/mol. The Kier molecular flexibility index (Phi) is 2.15. The summed E-state index contributed by atoms with van der Waals surface area (Å²) in [5, 5.41) is 8.68. The van der Waals surface area contributed by atoms with Crippen LogP contribution in [0.15, 0.2) is 42.6 Å². The van der Waals surface area contributed by atoms with Crippen molar-refractivity contribution in [3.05, 3.63) is 53.7 Å². The zero-order chi connectivity index (χ0) is 11.0. The molecule has 0 fully saturated rings. The number of aromatic nitrogens is 2. The summed E-state index contributed by atoms with van der Waals surface area (Å²) in [5.41, 5.74) is 3.07. The van der Waals surface area contributed by atoms with Crippen molar-refractivity contribution in [3.8, 4) is 11.1 Å². The molecule has 1 heterocycles. The van der Waals surface area contributed by atoms with Crippen molar-refractivity contribution in [2.45, 2.75) is 0 Å². The van der Waals surface area contributed by atoms with Crippen LogP contribution in [-0.2, 0) is 0 Å². The van der Waals surface area contributed by atoms with Gasteiger partial charge in [-0.05, 0) is 11.6 Å². The molecule has 0 bridgehead atoms. The summed E-state index contributed by atoms with van der Waals surface area (Å²) < 4.78 is 0. The molecule has 1 N–H and O–H groups in total. The third-order valence-corrected chi connectivity index (χ3v) is 2.87. The predicted octanol–water partition coefficient (Wildman–Crippen LogP) is 3.68. The fourth-order valence-electron chi connectivity index (χ4n) is 1.74. The van der Waals surface area contributed by atoms with Crippen molar-refractivity contribution in [3.63, 3.8) is 0 Å². The predicted molar refractivity (Wildman–Crippen MR) is 65.4 cm³/mol. The Bertz CT molecular complexity index is 643. The Morgan fingerprint density at radius 2 is 2.19 bits per heavy atom. The number of halogens is 1. The molecule has 2 aromatic carbocycles. The maximum absolute atomic E-state index is 6.10. The lowest BCUT2D eigenvalue weighted by molar-refractivity contribution is 1.12. The van der Waals surface area contributed by atoms with E-state index in [0.29, 0.717) is 5.02 Å². The minimum Gasteiger partial charge on any atom is -0.278 e. The van der Waals surface area contributed by atoms with E-state index in [4.69, 9.17) is 11.6 Å². The van der Waals surface area contributed by atoms with Gasteiger partial charge in [-0.3, -0.25) is 5.10 Å². The number of rotatable bonds is 1. The number of benzene rings is 2. The zero-order valence-electron chi connectivity index (χ0n) is 8.37. The van der Waals surface area contributed by atoms with Crippen LogP contribution in [-0.4, -0.2) is 10.2 Å². The fraction of sp³-hybridized carbons (Fsp3) is 0. The van der Waals surface area contributed by atoms with Crippen LogP contribution in [0.2, 0.25) is 5.02 Å². The SMILES string of the molecule is Clc1[c]cccc1-c1ccc2cn[nH]c2c1. The normalized spacial score (nSPS) is 10.8. The molecule has 0 aliphatic rings. The summed E-state index contributed by atoms with van der Waals surface area (Å²) in [5.74, 6) is 0. The van der Waals surface area contributed by atoms with E-state index in [1.165, 1.54) is 0 Å². The molecule has 0 aliphatic heterocycles. The molecule has 16 heavy (non-hydrogen) atoms. The Morgan fingerprint density at radius 1 is 1.25 bits per heavy atom. The molecule has 77 valence electrons. The minimum absolute atomic E-state index is 0.640. The Hall–Kier alpha value is -1.80. The van der Waals surface area contributed by atoms with E-state index in [1.54, 1.807) is 12.3 Å². The molecule has 0 aliphatic carbocycles. The molecule has 2 nitrogen and oxygen atoms in total. The summed E-state index contributed by atoms with van der Waals surface area (Å²) >= 11 is 6.10.